The lowest BCUT2D eigenvalue weighted by atomic mass is 10.0. The summed E-state index contributed by atoms with van der Waals surface area (Å²) in [7, 11) is 0. The van der Waals surface area contributed by atoms with Crippen molar-refractivity contribution in [3.8, 4) is 22.9 Å². The smallest absolute Gasteiger partial charge is 0.0944 e. The van der Waals surface area contributed by atoms with Crippen LogP contribution in [0.5, 0.6) is 0 Å². The Hall–Kier alpha value is -5.07. The fourth-order valence-electron chi connectivity index (χ4n) is 4.72. The second-order valence-corrected chi connectivity index (χ2v) is 9.34. The highest BCUT2D eigenvalue weighted by Gasteiger charge is 2.13. The highest BCUT2D eigenvalue weighted by molar-refractivity contribution is 6.10. The van der Waals surface area contributed by atoms with Gasteiger partial charge >= 0.3 is 0 Å². The number of fused-ring (bicyclic) bond motifs is 3. The molecule has 0 aliphatic rings. The fraction of sp³-hybridized carbons (Fsp3) is 0.0571. The normalized spacial score (nSPS) is 12.3. The van der Waals surface area contributed by atoms with Crippen LogP contribution in [-0.2, 0) is 6.42 Å². The van der Waals surface area contributed by atoms with Crippen LogP contribution in [0.15, 0.2) is 145 Å². The molecule has 0 fully saturated rings. The first kappa shape index (κ1) is 24.6. The molecule has 1 aromatic heterocycles. The van der Waals surface area contributed by atoms with E-state index in [1.54, 1.807) is 13.0 Å². The minimum Gasteiger partial charge on any atom is -0.398 e. The zero-order chi connectivity index (χ0) is 26.5. The van der Waals surface area contributed by atoms with Gasteiger partial charge in [-0.1, -0.05) is 79.4 Å². The van der Waals surface area contributed by atoms with Gasteiger partial charge in [-0.25, -0.2) is 0 Å². The Balaban J connectivity index is 1.53. The van der Waals surface area contributed by atoms with Gasteiger partial charge in [0.05, 0.1) is 17.1 Å². The van der Waals surface area contributed by atoms with Crippen LogP contribution in [0.1, 0.15) is 12.5 Å². The van der Waals surface area contributed by atoms with E-state index in [0.29, 0.717) is 16.8 Å². The van der Waals surface area contributed by atoms with E-state index >= 15 is 0 Å². The molecule has 0 spiro atoms. The number of hydrogen-bond acceptors (Lipinski definition) is 2. The number of aromatic nitrogens is 1. The molecule has 1 heterocycles. The van der Waals surface area contributed by atoms with Crippen LogP contribution < -0.4 is 5.73 Å². The third kappa shape index (κ3) is 5.07. The molecule has 0 radical (unpaired) electrons. The lowest BCUT2D eigenvalue weighted by Crippen LogP contribution is -1.98. The van der Waals surface area contributed by atoms with Gasteiger partial charge in [-0.05, 0) is 84.2 Å². The highest BCUT2D eigenvalue weighted by atomic mass is 15.0. The molecule has 184 valence electrons. The number of allylic oxidation sites excluding steroid dienone is 5. The second-order valence-electron chi connectivity index (χ2n) is 9.34. The van der Waals surface area contributed by atoms with Crippen LogP contribution in [0.3, 0.4) is 0 Å². The fourth-order valence-corrected chi connectivity index (χ4v) is 4.72. The largest absolute Gasteiger partial charge is 0.398 e. The number of nitrogens with two attached hydrogens (primary N) is 1. The molecule has 2 N–H and O–H groups in total. The van der Waals surface area contributed by atoms with E-state index in [0.717, 1.165) is 12.1 Å². The summed E-state index contributed by atoms with van der Waals surface area (Å²) in [6, 6.07) is 36.5. The summed E-state index contributed by atoms with van der Waals surface area (Å²) in [6.45, 7) is 5.68. The molecule has 0 aliphatic heterocycles. The van der Waals surface area contributed by atoms with Crippen molar-refractivity contribution in [2.24, 2.45) is 5.73 Å². The zero-order valence-corrected chi connectivity index (χ0v) is 21.4. The maximum Gasteiger partial charge on any atom is 0.0944 e. The molecule has 0 saturated carbocycles. The first-order valence-electron chi connectivity index (χ1n) is 12.6. The summed E-state index contributed by atoms with van der Waals surface area (Å²) in [6.07, 6.45) is 8.33. The van der Waals surface area contributed by atoms with Crippen LogP contribution in [0.2, 0.25) is 0 Å². The van der Waals surface area contributed by atoms with Gasteiger partial charge in [0, 0.05) is 27.7 Å². The third-order valence-corrected chi connectivity index (χ3v) is 6.65. The van der Waals surface area contributed by atoms with Gasteiger partial charge in [-0.3, -0.25) is 0 Å². The first-order chi connectivity index (χ1) is 18.5. The SMILES string of the molecule is C=C(/C=C(\C)C#N)/C(N)=C/C=C\Cc1ccc2c(c1)c1cc(-c3ccccc3)ccc1n2-c1ccccc1. The molecule has 5 rings (SSSR count). The van der Waals surface area contributed by atoms with Crippen molar-refractivity contribution in [3.05, 3.63) is 150 Å². The van der Waals surface area contributed by atoms with Crippen LogP contribution in [0.4, 0.5) is 0 Å². The summed E-state index contributed by atoms with van der Waals surface area (Å²) in [5.74, 6) is 0. The van der Waals surface area contributed by atoms with Crippen molar-refractivity contribution >= 4 is 21.8 Å². The molecule has 3 heteroatoms. The minimum atomic E-state index is 0.547. The maximum absolute atomic E-state index is 8.95. The van der Waals surface area contributed by atoms with Crippen LogP contribution in [0.25, 0.3) is 38.6 Å². The molecule has 38 heavy (non-hydrogen) atoms. The Morgan fingerprint density at radius 3 is 2.24 bits per heavy atom. The number of nitrogens with zero attached hydrogens (tertiary/aromatic N) is 2. The summed E-state index contributed by atoms with van der Waals surface area (Å²) >= 11 is 0. The summed E-state index contributed by atoms with van der Waals surface area (Å²) < 4.78 is 2.34. The van der Waals surface area contributed by atoms with E-state index in [2.05, 4.69) is 108 Å². The van der Waals surface area contributed by atoms with Gasteiger partial charge in [-0.15, -0.1) is 0 Å². The predicted octanol–water partition coefficient (Wildman–Crippen LogP) is 8.42. The van der Waals surface area contributed by atoms with E-state index < -0.39 is 0 Å². The highest BCUT2D eigenvalue weighted by Crippen LogP contribution is 2.35. The Morgan fingerprint density at radius 2 is 1.53 bits per heavy atom. The van der Waals surface area contributed by atoms with E-state index in [4.69, 9.17) is 11.0 Å². The molecule has 0 unspecified atom stereocenters. The Labute approximate surface area is 223 Å². The lowest BCUT2D eigenvalue weighted by Gasteiger charge is -2.08. The quantitative estimate of drug-likeness (QED) is 0.183. The third-order valence-electron chi connectivity index (χ3n) is 6.65. The standard InChI is InChI=1S/C35H29N3/c1-25(24-36)21-26(2)33(37)16-10-9-11-27-17-19-34-31(22-27)32-23-29(28-12-5-3-6-13-28)18-20-35(32)38(34)30-14-7-4-8-15-30/h3-10,12-23H,2,11,37H2,1H3/b10-9-,25-21+,33-16-. The van der Waals surface area contributed by atoms with Crippen LogP contribution in [-0.4, -0.2) is 4.57 Å². The molecular weight excluding hydrogens is 462 g/mol. The number of rotatable bonds is 7. The number of nitriles is 1. The van der Waals surface area contributed by atoms with Crippen molar-refractivity contribution in [1.29, 1.82) is 5.26 Å². The zero-order valence-electron chi connectivity index (χ0n) is 21.4. The van der Waals surface area contributed by atoms with Crippen LogP contribution >= 0.6 is 0 Å². The molecule has 0 aliphatic carbocycles. The lowest BCUT2D eigenvalue weighted by molar-refractivity contribution is 1.18. The van der Waals surface area contributed by atoms with Crippen molar-refractivity contribution < 1.29 is 0 Å². The molecule has 5 aromatic rings. The monoisotopic (exact) mass is 491 g/mol. The molecule has 0 atom stereocenters. The van der Waals surface area contributed by atoms with Gasteiger partial charge in [-0.2, -0.15) is 5.26 Å². The molecule has 0 amide bonds. The molecular formula is C35H29N3. The summed E-state index contributed by atoms with van der Waals surface area (Å²) in [4.78, 5) is 0. The number of benzene rings is 4. The molecule has 0 bridgehead atoms. The first-order valence-corrected chi connectivity index (χ1v) is 12.6. The molecule has 4 aromatic carbocycles. The van der Waals surface area contributed by atoms with Crippen molar-refractivity contribution in [2.45, 2.75) is 13.3 Å². The Bertz CT molecular complexity index is 1760. The Morgan fingerprint density at radius 1 is 0.868 bits per heavy atom. The molecule has 3 nitrogen and oxygen atoms in total. The van der Waals surface area contributed by atoms with E-state index in [-0.39, 0.29) is 0 Å². The van der Waals surface area contributed by atoms with E-state index in [9.17, 15) is 0 Å². The number of para-hydroxylation sites is 1. The van der Waals surface area contributed by atoms with E-state index in [1.807, 2.05) is 24.3 Å². The van der Waals surface area contributed by atoms with Gasteiger partial charge in [0.1, 0.15) is 0 Å². The van der Waals surface area contributed by atoms with Crippen LogP contribution in [0, 0.1) is 11.3 Å². The van der Waals surface area contributed by atoms with Gasteiger partial charge < -0.3 is 10.3 Å². The van der Waals surface area contributed by atoms with Crippen molar-refractivity contribution in [1.82, 2.24) is 4.57 Å². The van der Waals surface area contributed by atoms with Crippen molar-refractivity contribution in [3.63, 3.8) is 0 Å². The van der Waals surface area contributed by atoms with E-state index in [1.165, 1.54) is 38.5 Å². The maximum atomic E-state index is 8.95. The van der Waals surface area contributed by atoms with Gasteiger partial charge in [0.25, 0.3) is 0 Å². The van der Waals surface area contributed by atoms with Crippen molar-refractivity contribution in [2.75, 3.05) is 0 Å². The Kier molecular flexibility index (Phi) is 7.06. The summed E-state index contributed by atoms with van der Waals surface area (Å²) in [5, 5.41) is 11.4. The average molecular weight is 492 g/mol. The predicted molar refractivity (Wildman–Crippen MR) is 160 cm³/mol. The second kappa shape index (κ2) is 10.9. The average Bonchev–Trinajstić information content (AvgIpc) is 3.29. The number of hydrogen-bond donors (Lipinski definition) is 1. The topological polar surface area (TPSA) is 54.7 Å². The molecule has 0 saturated heterocycles. The minimum absolute atomic E-state index is 0.547. The summed E-state index contributed by atoms with van der Waals surface area (Å²) in [5.41, 5.74) is 15.0. The van der Waals surface area contributed by atoms with Gasteiger partial charge in [0.15, 0.2) is 0 Å². The van der Waals surface area contributed by atoms with Gasteiger partial charge in [0.2, 0.25) is 0 Å².